The number of nitrogens with zero attached hydrogens (tertiary/aromatic N) is 1. The molecule has 1 rings (SSSR count). The van der Waals surface area contributed by atoms with E-state index in [0.717, 1.165) is 11.3 Å². The number of nitrogens with two attached hydrogens (primary N) is 1. The van der Waals surface area contributed by atoms with Gasteiger partial charge in [-0.05, 0) is 6.92 Å². The first kappa shape index (κ1) is 16.0. The van der Waals surface area contributed by atoms with Gasteiger partial charge in [0.25, 0.3) is 5.91 Å². The Hall–Kier alpha value is -2.02. The Morgan fingerprint density at radius 1 is 1.50 bits per heavy atom. The molecule has 6 nitrogen and oxygen atoms in total. The van der Waals surface area contributed by atoms with Crippen LogP contribution < -0.4 is 11.1 Å². The lowest BCUT2D eigenvalue weighted by molar-refractivity contribution is 0.0529. The van der Waals surface area contributed by atoms with Gasteiger partial charge in [0.2, 0.25) is 0 Å². The number of esters is 1. The van der Waals surface area contributed by atoms with Gasteiger partial charge in [0.05, 0.1) is 12.3 Å². The van der Waals surface area contributed by atoms with Crippen LogP contribution in [0.25, 0.3) is 0 Å². The minimum absolute atomic E-state index is 0.152. The number of nitrogen functional groups attached to an aromatic ring is 1. The van der Waals surface area contributed by atoms with E-state index in [1.54, 1.807) is 27.1 Å². The van der Waals surface area contributed by atoms with Crippen molar-refractivity contribution in [3.05, 3.63) is 23.1 Å². The summed E-state index contributed by atoms with van der Waals surface area (Å²) in [6, 6.07) is 0. The van der Waals surface area contributed by atoms with Crippen molar-refractivity contribution < 1.29 is 14.3 Å². The third-order valence-electron chi connectivity index (χ3n) is 2.43. The molecule has 1 aromatic heterocycles. The van der Waals surface area contributed by atoms with Gasteiger partial charge in [0.1, 0.15) is 15.4 Å². The molecule has 0 saturated carbocycles. The van der Waals surface area contributed by atoms with Crippen LogP contribution in [0.5, 0.6) is 0 Å². The van der Waals surface area contributed by atoms with Crippen molar-refractivity contribution in [3.8, 4) is 0 Å². The molecule has 0 atom stereocenters. The topological polar surface area (TPSA) is 84.7 Å². The molecular weight excluding hydrogens is 278 g/mol. The summed E-state index contributed by atoms with van der Waals surface area (Å²) in [7, 11) is 3.25. The third-order valence-corrected chi connectivity index (χ3v) is 3.58. The summed E-state index contributed by atoms with van der Waals surface area (Å²) in [6.45, 7) is 6.01. The summed E-state index contributed by atoms with van der Waals surface area (Å²) in [5, 5.41) is 3.53. The molecule has 110 valence electrons. The number of hydrogen-bond donors (Lipinski definition) is 2. The molecule has 0 unspecified atom stereocenters. The molecule has 3 N–H and O–H groups in total. The zero-order valence-corrected chi connectivity index (χ0v) is 12.7. The number of thiophene rings is 1. The monoisotopic (exact) mass is 297 g/mol. The van der Waals surface area contributed by atoms with E-state index in [4.69, 9.17) is 10.5 Å². The highest BCUT2D eigenvalue weighted by molar-refractivity contribution is 7.19. The Kier molecular flexibility index (Phi) is 5.57. The van der Waals surface area contributed by atoms with Gasteiger partial charge in [0.15, 0.2) is 0 Å². The fourth-order valence-corrected chi connectivity index (χ4v) is 2.64. The fourth-order valence-electron chi connectivity index (χ4n) is 1.50. The average Bonchev–Trinajstić information content (AvgIpc) is 2.72. The Morgan fingerprint density at radius 2 is 2.15 bits per heavy atom. The van der Waals surface area contributed by atoms with Crippen LogP contribution >= 0.6 is 11.3 Å². The summed E-state index contributed by atoms with van der Waals surface area (Å²) >= 11 is 1.14. The fraction of sp³-hybridized carbons (Fsp3) is 0.385. The van der Waals surface area contributed by atoms with Crippen LogP contribution in [0.3, 0.4) is 0 Å². The normalized spacial score (nSPS) is 9.95. The first-order valence-electron chi connectivity index (χ1n) is 6.09. The molecule has 0 saturated heterocycles. The summed E-state index contributed by atoms with van der Waals surface area (Å²) in [6.07, 6.45) is 1.65. The van der Waals surface area contributed by atoms with Crippen LogP contribution in [0.4, 0.5) is 10.7 Å². The van der Waals surface area contributed by atoms with Gasteiger partial charge in [-0.15, -0.1) is 17.9 Å². The molecule has 0 aliphatic carbocycles. The summed E-state index contributed by atoms with van der Waals surface area (Å²) < 4.78 is 4.98. The maximum Gasteiger partial charge on any atom is 0.343 e. The minimum atomic E-state index is -0.536. The van der Waals surface area contributed by atoms with Crippen molar-refractivity contribution in [1.29, 1.82) is 0 Å². The molecule has 0 fully saturated rings. The van der Waals surface area contributed by atoms with E-state index in [0.29, 0.717) is 16.4 Å². The molecule has 1 aromatic rings. The number of anilines is 2. The van der Waals surface area contributed by atoms with Crippen molar-refractivity contribution in [3.63, 3.8) is 0 Å². The Balaban J connectivity index is 3.26. The standard InChI is InChI=1S/C13H19N3O3S/c1-5-7-15-11-8(13(18)19-6-2)9(14)10(20-11)12(17)16(3)4/h5,15H,1,6-7,14H2,2-4H3. The molecule has 7 heteroatoms. The number of hydrogen-bond acceptors (Lipinski definition) is 6. The van der Waals surface area contributed by atoms with E-state index < -0.39 is 5.97 Å². The van der Waals surface area contributed by atoms with Gasteiger partial charge in [0, 0.05) is 20.6 Å². The van der Waals surface area contributed by atoms with E-state index in [1.807, 2.05) is 0 Å². The van der Waals surface area contributed by atoms with Crippen molar-refractivity contribution in [2.24, 2.45) is 0 Å². The largest absolute Gasteiger partial charge is 0.462 e. The molecule has 0 bridgehead atoms. The number of carbonyl (C=O) groups is 2. The molecular formula is C13H19N3O3S. The zero-order chi connectivity index (χ0) is 15.3. The number of rotatable bonds is 6. The summed E-state index contributed by atoms with van der Waals surface area (Å²) in [4.78, 5) is 25.7. The Bertz CT molecular complexity index is 523. The van der Waals surface area contributed by atoms with Crippen LogP contribution in [0.15, 0.2) is 12.7 Å². The number of amides is 1. The average molecular weight is 297 g/mol. The molecule has 20 heavy (non-hydrogen) atoms. The predicted octanol–water partition coefficient (Wildman–Crippen LogP) is 1.81. The highest BCUT2D eigenvalue weighted by atomic mass is 32.1. The summed E-state index contributed by atoms with van der Waals surface area (Å²) in [5.41, 5.74) is 6.31. The lowest BCUT2D eigenvalue weighted by Crippen LogP contribution is -2.21. The molecule has 1 heterocycles. The second kappa shape index (κ2) is 6.95. The third kappa shape index (κ3) is 3.30. The predicted molar refractivity (Wildman–Crippen MR) is 81.4 cm³/mol. The van der Waals surface area contributed by atoms with Crippen LogP contribution in [-0.4, -0.2) is 44.0 Å². The van der Waals surface area contributed by atoms with Crippen molar-refractivity contribution in [2.75, 3.05) is 38.3 Å². The maximum atomic E-state index is 12.0. The highest BCUT2D eigenvalue weighted by Crippen LogP contribution is 2.36. The number of nitrogens with one attached hydrogen (secondary N) is 1. The quantitative estimate of drug-likeness (QED) is 0.618. The van der Waals surface area contributed by atoms with Gasteiger partial charge >= 0.3 is 5.97 Å². The first-order valence-corrected chi connectivity index (χ1v) is 6.91. The SMILES string of the molecule is C=CCNc1sc(C(=O)N(C)C)c(N)c1C(=O)OCC. The van der Waals surface area contributed by atoms with E-state index in [1.165, 1.54) is 4.90 Å². The number of ether oxygens (including phenoxy) is 1. The van der Waals surface area contributed by atoms with Crippen LogP contribution in [0.2, 0.25) is 0 Å². The highest BCUT2D eigenvalue weighted by Gasteiger charge is 2.26. The Morgan fingerprint density at radius 3 is 2.65 bits per heavy atom. The van der Waals surface area contributed by atoms with Crippen molar-refractivity contribution >= 4 is 33.9 Å². The van der Waals surface area contributed by atoms with E-state index in [9.17, 15) is 9.59 Å². The lowest BCUT2D eigenvalue weighted by atomic mass is 10.2. The van der Waals surface area contributed by atoms with Gasteiger partial charge in [-0.2, -0.15) is 0 Å². The molecule has 1 amide bonds. The zero-order valence-electron chi connectivity index (χ0n) is 11.9. The smallest absolute Gasteiger partial charge is 0.343 e. The van der Waals surface area contributed by atoms with Gasteiger partial charge in [-0.1, -0.05) is 6.08 Å². The van der Waals surface area contributed by atoms with E-state index >= 15 is 0 Å². The minimum Gasteiger partial charge on any atom is -0.462 e. The van der Waals surface area contributed by atoms with E-state index in [2.05, 4.69) is 11.9 Å². The lowest BCUT2D eigenvalue weighted by Gasteiger charge is -2.08. The van der Waals surface area contributed by atoms with Crippen LogP contribution in [0.1, 0.15) is 27.0 Å². The van der Waals surface area contributed by atoms with Crippen LogP contribution in [-0.2, 0) is 4.74 Å². The molecule has 0 aliphatic rings. The van der Waals surface area contributed by atoms with Gasteiger partial charge in [-0.3, -0.25) is 4.79 Å². The number of carbonyl (C=O) groups excluding carboxylic acids is 2. The second-order valence-electron chi connectivity index (χ2n) is 4.14. The van der Waals surface area contributed by atoms with Gasteiger partial charge in [-0.25, -0.2) is 4.79 Å². The van der Waals surface area contributed by atoms with Crippen LogP contribution in [0, 0.1) is 0 Å². The maximum absolute atomic E-state index is 12.0. The molecule has 0 aliphatic heterocycles. The van der Waals surface area contributed by atoms with Gasteiger partial charge < -0.3 is 20.7 Å². The molecule has 0 spiro atoms. The van der Waals surface area contributed by atoms with E-state index in [-0.39, 0.29) is 23.8 Å². The Labute approximate surface area is 122 Å². The molecule has 0 radical (unpaired) electrons. The first-order chi connectivity index (χ1) is 9.43. The van der Waals surface area contributed by atoms with Crippen molar-refractivity contribution in [2.45, 2.75) is 6.92 Å². The summed E-state index contributed by atoms with van der Waals surface area (Å²) in [5.74, 6) is -0.782. The van der Waals surface area contributed by atoms with Crippen molar-refractivity contribution in [1.82, 2.24) is 4.90 Å². The molecule has 0 aromatic carbocycles. The second-order valence-corrected chi connectivity index (χ2v) is 5.16.